The van der Waals surface area contributed by atoms with Crippen LogP contribution in [0.2, 0.25) is 0 Å². The molecule has 0 aliphatic rings. The standard InChI is InChI=1S/C44H50O4/c45-43(41-31-29-37-25-19-21-27-39(37)35-41)47-33-23-17-15-13-11-9-7-5-3-1-2-4-6-8-10-12-14-16-18-24-34-48-44(46)42-32-30-38-26-20-22-28-40(38)36-42/h19-22,25-32,35-36H,5-18,23-24,33-34H2. The molecule has 0 amide bonds. The average Bonchev–Trinajstić information content (AvgIpc) is 3.12. The maximum Gasteiger partial charge on any atom is 0.338 e. The molecule has 0 unspecified atom stereocenters. The van der Waals surface area contributed by atoms with E-state index in [1.54, 1.807) is 0 Å². The van der Waals surface area contributed by atoms with Crippen LogP contribution in [-0.2, 0) is 9.47 Å². The number of benzene rings is 4. The lowest BCUT2D eigenvalue weighted by molar-refractivity contribution is 0.0488. The van der Waals surface area contributed by atoms with E-state index in [9.17, 15) is 9.59 Å². The van der Waals surface area contributed by atoms with Crippen molar-refractivity contribution in [3.63, 3.8) is 0 Å². The molecule has 4 aromatic carbocycles. The third-order valence-electron chi connectivity index (χ3n) is 8.57. The normalized spacial score (nSPS) is 10.6. The average molecular weight is 643 g/mol. The van der Waals surface area contributed by atoms with Crippen molar-refractivity contribution in [3.05, 3.63) is 96.1 Å². The molecule has 0 heterocycles. The van der Waals surface area contributed by atoms with Crippen LogP contribution in [0, 0.1) is 23.7 Å². The van der Waals surface area contributed by atoms with Gasteiger partial charge >= 0.3 is 11.9 Å². The predicted molar refractivity (Wildman–Crippen MR) is 198 cm³/mol. The molecule has 250 valence electrons. The Labute approximate surface area is 287 Å². The smallest absolute Gasteiger partial charge is 0.338 e. The van der Waals surface area contributed by atoms with Gasteiger partial charge in [-0.2, -0.15) is 0 Å². The highest BCUT2D eigenvalue weighted by Gasteiger charge is 2.09. The first-order valence-corrected chi connectivity index (χ1v) is 18.0. The minimum Gasteiger partial charge on any atom is -0.462 e. The molecule has 0 fully saturated rings. The zero-order valence-electron chi connectivity index (χ0n) is 28.4. The number of esters is 2. The third-order valence-corrected chi connectivity index (χ3v) is 8.57. The molecule has 0 aliphatic carbocycles. The molecule has 0 saturated heterocycles. The lowest BCUT2D eigenvalue weighted by atomic mass is 10.1. The molecule has 0 bridgehead atoms. The summed E-state index contributed by atoms with van der Waals surface area (Å²) < 4.78 is 10.9. The van der Waals surface area contributed by atoms with Gasteiger partial charge in [-0.3, -0.25) is 0 Å². The topological polar surface area (TPSA) is 52.6 Å². The SMILES string of the molecule is O=C(OCCCCCCCCCC#CC#CCCCCCCCCCOC(=O)c1ccc2ccccc2c1)c1ccc2ccccc2c1. The van der Waals surface area contributed by atoms with E-state index in [1.165, 1.54) is 51.4 Å². The number of hydrogen-bond donors (Lipinski definition) is 0. The number of carbonyl (C=O) groups is 2. The highest BCUT2D eigenvalue weighted by atomic mass is 16.5. The Hall–Kier alpha value is -4.54. The van der Waals surface area contributed by atoms with E-state index >= 15 is 0 Å². The lowest BCUT2D eigenvalue weighted by Gasteiger charge is -2.06. The number of carbonyl (C=O) groups excluding carboxylic acids is 2. The molecule has 0 radical (unpaired) electrons. The molecule has 4 nitrogen and oxygen atoms in total. The van der Waals surface area contributed by atoms with Crippen molar-refractivity contribution >= 4 is 33.5 Å². The lowest BCUT2D eigenvalue weighted by Crippen LogP contribution is -2.06. The van der Waals surface area contributed by atoms with Crippen molar-refractivity contribution in [1.82, 2.24) is 0 Å². The minimum absolute atomic E-state index is 0.235. The van der Waals surface area contributed by atoms with Crippen LogP contribution in [-0.4, -0.2) is 25.2 Å². The summed E-state index contributed by atoms with van der Waals surface area (Å²) in [5.74, 6) is 11.9. The molecular formula is C44H50O4. The van der Waals surface area contributed by atoms with Gasteiger partial charge in [0, 0.05) is 12.8 Å². The van der Waals surface area contributed by atoms with Crippen molar-refractivity contribution in [2.75, 3.05) is 13.2 Å². The van der Waals surface area contributed by atoms with Crippen molar-refractivity contribution in [2.24, 2.45) is 0 Å². The highest BCUT2D eigenvalue weighted by molar-refractivity contribution is 5.96. The van der Waals surface area contributed by atoms with Crippen LogP contribution >= 0.6 is 0 Å². The maximum atomic E-state index is 12.3. The Morgan fingerprint density at radius 1 is 0.417 bits per heavy atom. The van der Waals surface area contributed by atoms with Gasteiger partial charge in [-0.1, -0.05) is 137 Å². The van der Waals surface area contributed by atoms with E-state index < -0.39 is 0 Å². The van der Waals surface area contributed by atoms with Crippen LogP contribution < -0.4 is 0 Å². The minimum atomic E-state index is -0.235. The van der Waals surface area contributed by atoms with Crippen LogP contribution in [0.15, 0.2) is 84.9 Å². The molecule has 0 N–H and O–H groups in total. The summed E-state index contributed by atoms with van der Waals surface area (Å²) in [7, 11) is 0. The number of unbranched alkanes of at least 4 members (excludes halogenated alkanes) is 14. The first kappa shape index (κ1) is 36.3. The Morgan fingerprint density at radius 3 is 1.19 bits per heavy atom. The number of hydrogen-bond acceptors (Lipinski definition) is 4. The molecule has 48 heavy (non-hydrogen) atoms. The summed E-state index contributed by atoms with van der Waals surface area (Å²) in [5, 5.41) is 4.38. The quantitative estimate of drug-likeness (QED) is 0.0547. The third kappa shape index (κ3) is 13.7. The highest BCUT2D eigenvalue weighted by Crippen LogP contribution is 2.18. The Balaban J connectivity index is 0.876. The fourth-order valence-corrected chi connectivity index (χ4v) is 5.74. The molecular weight excluding hydrogens is 592 g/mol. The number of fused-ring (bicyclic) bond motifs is 2. The first-order valence-electron chi connectivity index (χ1n) is 18.0. The van der Waals surface area contributed by atoms with Gasteiger partial charge in [-0.05, 0) is 83.3 Å². The van der Waals surface area contributed by atoms with Gasteiger partial charge < -0.3 is 9.47 Å². The van der Waals surface area contributed by atoms with E-state index in [4.69, 9.17) is 9.47 Å². The summed E-state index contributed by atoms with van der Waals surface area (Å²) in [6, 6.07) is 27.5. The second-order valence-electron chi connectivity index (χ2n) is 12.4. The fraction of sp³-hybridized carbons (Fsp3) is 0.409. The summed E-state index contributed by atoms with van der Waals surface area (Å²) >= 11 is 0. The molecule has 4 aromatic rings. The van der Waals surface area contributed by atoms with Crippen molar-refractivity contribution in [2.45, 2.75) is 103 Å². The van der Waals surface area contributed by atoms with Gasteiger partial charge in [-0.15, -0.1) is 0 Å². The van der Waals surface area contributed by atoms with Gasteiger partial charge in [-0.25, -0.2) is 9.59 Å². The van der Waals surface area contributed by atoms with Crippen LogP contribution in [0.4, 0.5) is 0 Å². The number of rotatable bonds is 20. The van der Waals surface area contributed by atoms with Gasteiger partial charge in [0.15, 0.2) is 0 Å². The summed E-state index contributed by atoms with van der Waals surface area (Å²) in [5.41, 5.74) is 1.24. The second kappa shape index (κ2) is 22.1. The van der Waals surface area contributed by atoms with E-state index in [1.807, 2.05) is 84.9 Å². The molecule has 0 saturated carbocycles. The molecule has 4 rings (SSSR count). The van der Waals surface area contributed by atoms with Crippen LogP contribution in [0.3, 0.4) is 0 Å². The van der Waals surface area contributed by atoms with E-state index in [-0.39, 0.29) is 11.9 Å². The van der Waals surface area contributed by atoms with Crippen molar-refractivity contribution < 1.29 is 19.1 Å². The maximum absolute atomic E-state index is 12.3. The molecule has 0 aromatic heterocycles. The number of ether oxygens (including phenoxy) is 2. The van der Waals surface area contributed by atoms with Crippen LogP contribution in [0.5, 0.6) is 0 Å². The first-order chi connectivity index (χ1) is 23.7. The van der Waals surface area contributed by atoms with Crippen LogP contribution in [0.1, 0.15) is 123 Å². The van der Waals surface area contributed by atoms with Gasteiger partial charge in [0.2, 0.25) is 0 Å². The van der Waals surface area contributed by atoms with Crippen molar-refractivity contribution in [1.29, 1.82) is 0 Å². The van der Waals surface area contributed by atoms with Gasteiger partial charge in [0.25, 0.3) is 0 Å². The van der Waals surface area contributed by atoms with E-state index in [0.29, 0.717) is 24.3 Å². The van der Waals surface area contributed by atoms with E-state index in [2.05, 4.69) is 23.7 Å². The van der Waals surface area contributed by atoms with E-state index in [0.717, 1.165) is 72.9 Å². The predicted octanol–water partition coefficient (Wildman–Crippen LogP) is 11.3. The summed E-state index contributed by atoms with van der Waals surface area (Å²) in [4.78, 5) is 24.6. The molecule has 0 spiro atoms. The largest absolute Gasteiger partial charge is 0.462 e. The van der Waals surface area contributed by atoms with Gasteiger partial charge in [0.1, 0.15) is 0 Å². The zero-order valence-corrected chi connectivity index (χ0v) is 28.4. The molecule has 4 heteroatoms. The monoisotopic (exact) mass is 642 g/mol. The molecule has 0 aliphatic heterocycles. The molecule has 0 atom stereocenters. The van der Waals surface area contributed by atoms with Crippen molar-refractivity contribution in [3.8, 4) is 23.7 Å². The Kier molecular flexibility index (Phi) is 16.7. The van der Waals surface area contributed by atoms with Gasteiger partial charge in [0.05, 0.1) is 24.3 Å². The Bertz CT molecular complexity index is 1570. The zero-order chi connectivity index (χ0) is 33.5. The fourth-order valence-electron chi connectivity index (χ4n) is 5.74. The second-order valence-corrected chi connectivity index (χ2v) is 12.4. The summed E-state index contributed by atoms with van der Waals surface area (Å²) in [6.07, 6.45) is 17.7. The Morgan fingerprint density at radius 2 is 0.771 bits per heavy atom. The summed E-state index contributed by atoms with van der Waals surface area (Å²) in [6.45, 7) is 0.968. The van der Waals surface area contributed by atoms with Crippen LogP contribution in [0.25, 0.3) is 21.5 Å².